The highest BCUT2D eigenvalue weighted by molar-refractivity contribution is 7.80. The normalized spacial score (nSPS) is 29.1. The predicted molar refractivity (Wildman–Crippen MR) is 70.8 cm³/mol. The molecule has 1 aromatic carbocycles. The molecule has 0 bridgehead atoms. The molecule has 17 heavy (non-hydrogen) atoms. The summed E-state index contributed by atoms with van der Waals surface area (Å²) in [6, 6.07) is 3.41. The maximum atomic E-state index is 11.6. The van der Waals surface area contributed by atoms with E-state index >= 15 is 0 Å². The van der Waals surface area contributed by atoms with Gasteiger partial charge in [0.2, 0.25) is 0 Å². The van der Waals surface area contributed by atoms with Gasteiger partial charge in [-0.25, -0.2) is 4.21 Å². The first-order valence-electron chi connectivity index (χ1n) is 5.20. The summed E-state index contributed by atoms with van der Waals surface area (Å²) in [7, 11) is 0. The van der Waals surface area contributed by atoms with E-state index in [0.717, 1.165) is 11.1 Å². The molecule has 0 spiro atoms. The predicted octanol–water partition coefficient (Wildman–Crippen LogP) is 2.70. The van der Waals surface area contributed by atoms with Gasteiger partial charge >= 0.3 is 0 Å². The van der Waals surface area contributed by atoms with Crippen LogP contribution in [0.1, 0.15) is 17.5 Å². The van der Waals surface area contributed by atoms with Gasteiger partial charge in [-0.15, -0.1) is 0 Å². The van der Waals surface area contributed by atoms with Gasteiger partial charge in [0.05, 0.1) is 10.0 Å². The van der Waals surface area contributed by atoms with Gasteiger partial charge < -0.3 is 10.3 Å². The quantitative estimate of drug-likeness (QED) is 0.842. The third-order valence-electron chi connectivity index (χ3n) is 3.37. The number of hydrogen-bond acceptors (Lipinski definition) is 2. The molecule has 2 rings (SSSR count). The Hall–Kier alpha value is -0.130. The van der Waals surface area contributed by atoms with E-state index in [-0.39, 0.29) is 5.92 Å². The largest absolute Gasteiger partial charge is 0.330 e. The fourth-order valence-electron chi connectivity index (χ4n) is 2.32. The molecule has 6 heteroatoms. The smallest absolute Gasteiger partial charge is 0.164 e. The van der Waals surface area contributed by atoms with Gasteiger partial charge in [0.15, 0.2) is 11.1 Å². The number of benzene rings is 1. The van der Waals surface area contributed by atoms with Crippen LogP contribution in [0.4, 0.5) is 0 Å². The summed E-state index contributed by atoms with van der Waals surface area (Å²) in [6.07, 6.45) is 0.616. The van der Waals surface area contributed by atoms with Crippen molar-refractivity contribution in [2.75, 3.05) is 6.54 Å². The zero-order valence-electron chi connectivity index (χ0n) is 9.24. The van der Waals surface area contributed by atoms with E-state index in [9.17, 15) is 8.76 Å². The van der Waals surface area contributed by atoms with Crippen LogP contribution in [0, 0.1) is 12.8 Å². The molecule has 1 aliphatic carbocycles. The second kappa shape index (κ2) is 4.52. The lowest BCUT2D eigenvalue weighted by molar-refractivity contribution is 0.539. The molecule has 94 valence electrons. The first-order chi connectivity index (χ1) is 7.93. The SMILES string of the molecule is Cc1cc(Cl)c(Cl)cc1C1(S(=O)O)CC1CN. The Balaban J connectivity index is 2.53. The van der Waals surface area contributed by atoms with Crippen LogP contribution in [0.25, 0.3) is 0 Å². The van der Waals surface area contributed by atoms with Crippen LogP contribution in [-0.4, -0.2) is 15.3 Å². The highest BCUT2D eigenvalue weighted by Crippen LogP contribution is 2.57. The molecular weight excluding hydrogens is 281 g/mol. The standard InChI is InChI=1S/C11H13Cl2NO2S/c1-6-2-9(12)10(13)3-8(6)11(17(15)16)4-7(11)5-14/h2-3,7H,4-5,14H2,1H3,(H,15,16). The molecule has 0 saturated heterocycles. The topological polar surface area (TPSA) is 63.3 Å². The molecule has 3 atom stereocenters. The van der Waals surface area contributed by atoms with Crippen molar-refractivity contribution in [2.45, 2.75) is 18.1 Å². The van der Waals surface area contributed by atoms with Crippen molar-refractivity contribution < 1.29 is 8.76 Å². The molecule has 0 amide bonds. The summed E-state index contributed by atoms with van der Waals surface area (Å²) in [5.41, 5.74) is 7.25. The first kappa shape index (κ1) is 13.3. The Morgan fingerprint density at radius 3 is 2.59 bits per heavy atom. The van der Waals surface area contributed by atoms with Crippen molar-refractivity contribution >= 4 is 34.3 Å². The van der Waals surface area contributed by atoms with Gasteiger partial charge in [-0.3, -0.25) is 0 Å². The van der Waals surface area contributed by atoms with E-state index in [1.807, 2.05) is 6.92 Å². The first-order valence-corrected chi connectivity index (χ1v) is 7.07. The number of nitrogens with two attached hydrogens (primary N) is 1. The zero-order chi connectivity index (χ0) is 12.8. The van der Waals surface area contributed by atoms with Crippen LogP contribution < -0.4 is 5.73 Å². The van der Waals surface area contributed by atoms with Gasteiger partial charge in [0.25, 0.3) is 0 Å². The number of halogens is 2. The molecule has 0 aromatic heterocycles. The lowest BCUT2D eigenvalue weighted by Crippen LogP contribution is -2.21. The van der Waals surface area contributed by atoms with Crippen molar-refractivity contribution in [2.24, 2.45) is 11.7 Å². The van der Waals surface area contributed by atoms with Gasteiger partial charge in [-0.05, 0) is 49.1 Å². The van der Waals surface area contributed by atoms with E-state index in [1.54, 1.807) is 12.1 Å². The Labute approximate surface area is 113 Å². The summed E-state index contributed by atoms with van der Waals surface area (Å²) >= 11 is 9.93. The fraction of sp³-hybridized carbons (Fsp3) is 0.455. The van der Waals surface area contributed by atoms with Crippen LogP contribution in [0.2, 0.25) is 10.0 Å². The molecule has 3 nitrogen and oxygen atoms in total. The molecule has 1 saturated carbocycles. The number of rotatable bonds is 3. The Kier molecular flexibility index (Phi) is 3.54. The fourth-order valence-corrected chi connectivity index (χ4v) is 3.84. The van der Waals surface area contributed by atoms with E-state index in [2.05, 4.69) is 0 Å². The minimum atomic E-state index is -1.95. The van der Waals surface area contributed by atoms with Crippen molar-refractivity contribution in [3.8, 4) is 0 Å². The average Bonchev–Trinajstić information content (AvgIpc) is 2.99. The monoisotopic (exact) mass is 293 g/mol. The minimum absolute atomic E-state index is 0.0317. The third kappa shape index (κ3) is 2.02. The third-order valence-corrected chi connectivity index (χ3v) is 5.43. The molecule has 3 unspecified atom stereocenters. The molecular formula is C11H13Cl2NO2S. The highest BCUT2D eigenvalue weighted by Gasteiger charge is 2.60. The molecule has 1 fully saturated rings. The van der Waals surface area contributed by atoms with Crippen molar-refractivity contribution in [3.05, 3.63) is 33.3 Å². The van der Waals surface area contributed by atoms with Crippen LogP contribution in [0.3, 0.4) is 0 Å². The van der Waals surface area contributed by atoms with Crippen LogP contribution in [0.5, 0.6) is 0 Å². The second-order valence-corrected chi connectivity index (χ2v) is 6.40. The molecule has 0 aliphatic heterocycles. The van der Waals surface area contributed by atoms with E-state index < -0.39 is 15.8 Å². The maximum Gasteiger partial charge on any atom is 0.164 e. The Bertz CT molecular complexity index is 495. The van der Waals surface area contributed by atoms with Crippen LogP contribution in [0.15, 0.2) is 12.1 Å². The summed E-state index contributed by atoms with van der Waals surface area (Å²) in [5.74, 6) is 0.0317. The minimum Gasteiger partial charge on any atom is -0.330 e. The number of aryl methyl sites for hydroxylation is 1. The van der Waals surface area contributed by atoms with Crippen LogP contribution in [-0.2, 0) is 15.8 Å². The number of hydrogen-bond donors (Lipinski definition) is 2. The lowest BCUT2D eigenvalue weighted by atomic mass is 10.0. The summed E-state index contributed by atoms with van der Waals surface area (Å²) in [6.45, 7) is 2.25. The van der Waals surface area contributed by atoms with E-state index in [4.69, 9.17) is 28.9 Å². The maximum absolute atomic E-state index is 11.6. The lowest BCUT2D eigenvalue weighted by Gasteiger charge is -2.17. The second-order valence-electron chi connectivity index (χ2n) is 4.36. The molecule has 1 aromatic rings. The van der Waals surface area contributed by atoms with Gasteiger partial charge in [0, 0.05) is 0 Å². The zero-order valence-corrected chi connectivity index (χ0v) is 11.6. The summed E-state index contributed by atoms with van der Waals surface area (Å²) in [5, 5.41) is 0.858. The van der Waals surface area contributed by atoms with E-state index in [1.165, 1.54) is 0 Å². The van der Waals surface area contributed by atoms with Crippen molar-refractivity contribution in [3.63, 3.8) is 0 Å². The van der Waals surface area contributed by atoms with Gasteiger partial charge in [-0.1, -0.05) is 23.2 Å². The highest BCUT2D eigenvalue weighted by atomic mass is 35.5. The average molecular weight is 294 g/mol. The van der Waals surface area contributed by atoms with Crippen molar-refractivity contribution in [1.29, 1.82) is 0 Å². The summed E-state index contributed by atoms with van der Waals surface area (Å²) < 4.78 is 20.3. The molecule has 1 aliphatic rings. The molecule has 3 N–H and O–H groups in total. The Morgan fingerprint density at radius 2 is 2.12 bits per heavy atom. The summed E-state index contributed by atoms with van der Waals surface area (Å²) in [4.78, 5) is 0. The van der Waals surface area contributed by atoms with Crippen LogP contribution >= 0.6 is 23.2 Å². The van der Waals surface area contributed by atoms with Gasteiger partial charge in [-0.2, -0.15) is 0 Å². The van der Waals surface area contributed by atoms with Crippen molar-refractivity contribution in [1.82, 2.24) is 0 Å². The molecule has 0 radical (unpaired) electrons. The van der Waals surface area contributed by atoms with E-state index in [0.29, 0.717) is 23.0 Å². The van der Waals surface area contributed by atoms with Gasteiger partial charge in [0.1, 0.15) is 4.75 Å². The molecule has 0 heterocycles. The Morgan fingerprint density at radius 1 is 1.53 bits per heavy atom.